The standard InChI is InChI=1S/C23H25N3O3S2/c1-14-5-8-20(11-15(14)2)31-19-9-6-18(7-10-19)24-22(27)13-30-17(4)23(28)25-21-12-16(3)29-26-21/h5-12,17H,13H2,1-4H3,(H,24,27)(H,25,26,28). The molecule has 2 N–H and O–H groups in total. The molecular formula is C23H25N3O3S2. The first-order valence-electron chi connectivity index (χ1n) is 9.81. The molecule has 1 atom stereocenters. The molecule has 0 aliphatic rings. The largest absolute Gasteiger partial charge is 0.360 e. The van der Waals surface area contributed by atoms with Gasteiger partial charge >= 0.3 is 0 Å². The van der Waals surface area contributed by atoms with Crippen molar-refractivity contribution in [3.63, 3.8) is 0 Å². The van der Waals surface area contributed by atoms with Gasteiger partial charge in [0.25, 0.3) is 0 Å². The number of hydrogen-bond acceptors (Lipinski definition) is 6. The molecule has 0 saturated heterocycles. The first kappa shape index (κ1) is 23.0. The van der Waals surface area contributed by atoms with E-state index >= 15 is 0 Å². The highest BCUT2D eigenvalue weighted by molar-refractivity contribution is 8.01. The Kier molecular flexibility index (Phi) is 7.81. The molecule has 0 aliphatic heterocycles. The van der Waals surface area contributed by atoms with Crippen molar-refractivity contribution >= 4 is 46.8 Å². The topological polar surface area (TPSA) is 84.2 Å². The van der Waals surface area contributed by atoms with Crippen molar-refractivity contribution < 1.29 is 14.1 Å². The molecule has 1 aromatic heterocycles. The second-order valence-corrected chi connectivity index (χ2v) is 9.66. The van der Waals surface area contributed by atoms with E-state index in [1.807, 2.05) is 24.3 Å². The number of thioether (sulfide) groups is 1. The molecule has 8 heteroatoms. The van der Waals surface area contributed by atoms with E-state index < -0.39 is 5.25 Å². The van der Waals surface area contributed by atoms with Crippen LogP contribution in [0, 0.1) is 20.8 Å². The Hall–Kier alpha value is -2.71. The summed E-state index contributed by atoms with van der Waals surface area (Å²) < 4.78 is 4.92. The third kappa shape index (κ3) is 6.90. The number of amides is 2. The van der Waals surface area contributed by atoms with E-state index in [1.165, 1.54) is 27.8 Å². The molecule has 0 radical (unpaired) electrons. The van der Waals surface area contributed by atoms with Crippen LogP contribution < -0.4 is 10.6 Å². The van der Waals surface area contributed by atoms with Crippen molar-refractivity contribution in [2.45, 2.75) is 42.7 Å². The molecule has 6 nitrogen and oxygen atoms in total. The Morgan fingerprint density at radius 3 is 2.32 bits per heavy atom. The van der Waals surface area contributed by atoms with Gasteiger partial charge in [-0.15, -0.1) is 11.8 Å². The van der Waals surface area contributed by atoms with Gasteiger partial charge in [-0.2, -0.15) is 0 Å². The Morgan fingerprint density at radius 2 is 1.68 bits per heavy atom. The summed E-state index contributed by atoms with van der Waals surface area (Å²) in [5.41, 5.74) is 3.27. The third-order valence-corrected chi connectivity index (χ3v) is 6.71. The van der Waals surface area contributed by atoms with Crippen LogP contribution in [0.25, 0.3) is 0 Å². The van der Waals surface area contributed by atoms with Gasteiger partial charge in [0, 0.05) is 21.5 Å². The maximum Gasteiger partial charge on any atom is 0.238 e. The minimum Gasteiger partial charge on any atom is -0.360 e. The van der Waals surface area contributed by atoms with E-state index in [-0.39, 0.29) is 17.6 Å². The molecule has 0 bridgehead atoms. The monoisotopic (exact) mass is 455 g/mol. The number of carbonyl (C=O) groups excluding carboxylic acids is 2. The number of aromatic nitrogens is 1. The lowest BCUT2D eigenvalue weighted by atomic mass is 10.1. The summed E-state index contributed by atoms with van der Waals surface area (Å²) in [7, 11) is 0. The van der Waals surface area contributed by atoms with Gasteiger partial charge in [-0.3, -0.25) is 9.59 Å². The molecule has 162 valence electrons. The first-order chi connectivity index (χ1) is 14.8. The molecule has 0 fully saturated rings. The van der Waals surface area contributed by atoms with Crippen molar-refractivity contribution in [3.8, 4) is 0 Å². The van der Waals surface area contributed by atoms with E-state index in [2.05, 4.69) is 47.8 Å². The molecule has 2 amide bonds. The van der Waals surface area contributed by atoms with Crippen LogP contribution >= 0.6 is 23.5 Å². The lowest BCUT2D eigenvalue weighted by molar-refractivity contribution is -0.115. The summed E-state index contributed by atoms with van der Waals surface area (Å²) in [5.74, 6) is 0.785. The van der Waals surface area contributed by atoms with E-state index in [0.717, 1.165) is 10.6 Å². The van der Waals surface area contributed by atoms with Gasteiger partial charge in [-0.05, 0) is 75.2 Å². The van der Waals surface area contributed by atoms with Gasteiger partial charge in [0.05, 0.1) is 11.0 Å². The molecule has 0 spiro atoms. The van der Waals surface area contributed by atoms with Crippen molar-refractivity contribution in [1.82, 2.24) is 5.16 Å². The minimum absolute atomic E-state index is 0.156. The van der Waals surface area contributed by atoms with Crippen LogP contribution in [0.15, 0.2) is 62.8 Å². The summed E-state index contributed by atoms with van der Waals surface area (Å²) in [4.78, 5) is 26.7. The number of nitrogens with zero attached hydrogens (tertiary/aromatic N) is 1. The fourth-order valence-electron chi connectivity index (χ4n) is 2.65. The second-order valence-electron chi connectivity index (χ2n) is 7.19. The zero-order valence-electron chi connectivity index (χ0n) is 17.9. The quantitative estimate of drug-likeness (QED) is 0.470. The van der Waals surface area contributed by atoms with Crippen LogP contribution in [0.3, 0.4) is 0 Å². The van der Waals surface area contributed by atoms with Crippen LogP contribution in [0.5, 0.6) is 0 Å². The summed E-state index contributed by atoms with van der Waals surface area (Å²) in [6, 6.07) is 15.8. The number of aryl methyl sites for hydroxylation is 3. The van der Waals surface area contributed by atoms with Crippen LogP contribution in [0.2, 0.25) is 0 Å². The van der Waals surface area contributed by atoms with Gasteiger partial charge in [-0.1, -0.05) is 23.0 Å². The maximum atomic E-state index is 12.3. The molecule has 31 heavy (non-hydrogen) atoms. The number of hydrogen-bond donors (Lipinski definition) is 2. The molecule has 2 aromatic carbocycles. The van der Waals surface area contributed by atoms with Crippen LogP contribution in [-0.4, -0.2) is 28.0 Å². The van der Waals surface area contributed by atoms with Crippen molar-refractivity contribution in [2.75, 3.05) is 16.4 Å². The average molecular weight is 456 g/mol. The molecule has 1 heterocycles. The minimum atomic E-state index is -0.403. The Labute approximate surface area is 190 Å². The Bertz CT molecular complexity index is 1060. The molecule has 1 unspecified atom stereocenters. The van der Waals surface area contributed by atoms with Gasteiger partial charge < -0.3 is 15.2 Å². The number of anilines is 2. The van der Waals surface area contributed by atoms with Crippen molar-refractivity contribution in [3.05, 3.63) is 65.4 Å². The van der Waals surface area contributed by atoms with Gasteiger partial charge in [0.15, 0.2) is 5.82 Å². The maximum absolute atomic E-state index is 12.3. The zero-order valence-corrected chi connectivity index (χ0v) is 19.5. The van der Waals surface area contributed by atoms with Gasteiger partial charge in [0.2, 0.25) is 11.8 Å². The fraction of sp³-hybridized carbons (Fsp3) is 0.261. The van der Waals surface area contributed by atoms with E-state index in [1.54, 1.807) is 31.7 Å². The predicted octanol–water partition coefficient (Wildman–Crippen LogP) is 5.45. The lowest BCUT2D eigenvalue weighted by Crippen LogP contribution is -2.25. The summed E-state index contributed by atoms with van der Waals surface area (Å²) in [5, 5.41) is 8.87. The van der Waals surface area contributed by atoms with E-state index in [4.69, 9.17) is 4.52 Å². The van der Waals surface area contributed by atoms with Crippen molar-refractivity contribution in [2.24, 2.45) is 0 Å². The van der Waals surface area contributed by atoms with Crippen LogP contribution in [0.4, 0.5) is 11.5 Å². The number of nitrogens with one attached hydrogen (secondary N) is 2. The van der Waals surface area contributed by atoms with Crippen LogP contribution in [-0.2, 0) is 9.59 Å². The smallest absolute Gasteiger partial charge is 0.238 e. The number of carbonyl (C=O) groups is 2. The Morgan fingerprint density at radius 1 is 0.968 bits per heavy atom. The number of rotatable bonds is 8. The molecule has 0 aliphatic carbocycles. The fourth-order valence-corrected chi connectivity index (χ4v) is 4.25. The predicted molar refractivity (Wildman–Crippen MR) is 127 cm³/mol. The highest BCUT2D eigenvalue weighted by atomic mass is 32.2. The van der Waals surface area contributed by atoms with Gasteiger partial charge in [0.1, 0.15) is 5.76 Å². The van der Waals surface area contributed by atoms with E-state index in [9.17, 15) is 9.59 Å². The highest BCUT2D eigenvalue weighted by Crippen LogP contribution is 2.30. The molecule has 0 saturated carbocycles. The summed E-state index contributed by atoms with van der Waals surface area (Å²) in [6.45, 7) is 7.71. The lowest BCUT2D eigenvalue weighted by Gasteiger charge is -2.11. The normalized spacial score (nSPS) is 11.7. The molecule has 3 aromatic rings. The van der Waals surface area contributed by atoms with Crippen molar-refractivity contribution in [1.29, 1.82) is 0 Å². The van der Waals surface area contributed by atoms with Crippen LogP contribution in [0.1, 0.15) is 23.8 Å². The average Bonchev–Trinajstić information content (AvgIpc) is 3.15. The summed E-state index contributed by atoms with van der Waals surface area (Å²) >= 11 is 2.94. The number of benzene rings is 2. The third-order valence-electron chi connectivity index (χ3n) is 4.57. The Balaban J connectivity index is 1.45. The van der Waals surface area contributed by atoms with Gasteiger partial charge in [-0.25, -0.2) is 0 Å². The first-order valence-corrected chi connectivity index (χ1v) is 11.7. The SMILES string of the molecule is Cc1cc(NC(=O)C(C)SCC(=O)Nc2ccc(Sc3ccc(C)c(C)c3)cc2)no1. The molecule has 3 rings (SSSR count). The zero-order chi connectivity index (χ0) is 22.4. The summed E-state index contributed by atoms with van der Waals surface area (Å²) in [6.07, 6.45) is 0. The highest BCUT2D eigenvalue weighted by Gasteiger charge is 2.17. The second kappa shape index (κ2) is 10.5. The molecular weight excluding hydrogens is 430 g/mol. The van der Waals surface area contributed by atoms with E-state index in [0.29, 0.717) is 11.6 Å².